The first-order valence-electron chi connectivity index (χ1n) is 3.26. The van der Waals surface area contributed by atoms with Gasteiger partial charge in [-0.15, -0.1) is 0 Å². The molecule has 3 nitrogen and oxygen atoms in total. The van der Waals surface area contributed by atoms with Crippen molar-refractivity contribution in [3.05, 3.63) is 0 Å². The number of rotatable bonds is 4. The van der Waals surface area contributed by atoms with Gasteiger partial charge in [-0.3, -0.25) is 0 Å². The minimum Gasteiger partial charge on any atom is -0.376 e. The van der Waals surface area contributed by atoms with Gasteiger partial charge in [0.2, 0.25) is 0 Å². The van der Waals surface area contributed by atoms with E-state index in [0.29, 0.717) is 12.2 Å². The van der Waals surface area contributed by atoms with Crippen molar-refractivity contribution in [2.75, 3.05) is 26.4 Å². The predicted molar refractivity (Wildman–Crippen MR) is 41.6 cm³/mol. The smallest absolute Gasteiger partial charge is 0.104 e. The van der Waals surface area contributed by atoms with Crippen LogP contribution in [0.5, 0.6) is 0 Å². The Bertz CT molecular complexity index is 89.2. The van der Waals surface area contributed by atoms with E-state index in [-0.39, 0.29) is 11.0 Å². The number of hydrogen-bond acceptors (Lipinski definition) is 3. The fraction of sp³-hybridized carbons (Fsp3) is 1.00. The summed E-state index contributed by atoms with van der Waals surface area (Å²) in [6, 6.07) is 0. The van der Waals surface area contributed by atoms with Crippen LogP contribution in [0.1, 0.15) is 0 Å². The first-order chi connectivity index (χ1) is 4.45. The van der Waals surface area contributed by atoms with E-state index in [9.17, 15) is 0 Å². The highest BCUT2D eigenvalue weighted by molar-refractivity contribution is 5.75. The van der Waals surface area contributed by atoms with Gasteiger partial charge in [0.25, 0.3) is 0 Å². The van der Waals surface area contributed by atoms with Gasteiger partial charge < -0.3 is 14.2 Å². The molecule has 0 saturated carbocycles. The molecule has 2 saturated heterocycles. The lowest BCUT2D eigenvalue weighted by molar-refractivity contribution is 0.102. The van der Waals surface area contributed by atoms with E-state index in [4.69, 9.17) is 14.2 Å². The first-order valence-corrected chi connectivity index (χ1v) is 3.26. The van der Waals surface area contributed by atoms with E-state index in [0.717, 1.165) is 26.4 Å². The van der Waals surface area contributed by atoms with Crippen molar-refractivity contribution in [2.45, 2.75) is 12.2 Å². The predicted octanol–water partition coefficient (Wildman–Crippen LogP) is -1.65. The largest absolute Gasteiger partial charge is 0.376 e. The van der Waals surface area contributed by atoms with Crippen LogP contribution in [0.15, 0.2) is 0 Å². The zero-order valence-corrected chi connectivity index (χ0v) is 5.21. The highest BCUT2D eigenvalue weighted by Crippen LogP contribution is 2.12. The lowest BCUT2D eigenvalue weighted by Crippen LogP contribution is -2.06. The van der Waals surface area contributed by atoms with Gasteiger partial charge in [0.1, 0.15) is 12.2 Å². The summed E-state index contributed by atoms with van der Waals surface area (Å²) in [7, 11) is 0. The van der Waals surface area contributed by atoms with Gasteiger partial charge in [0, 0.05) is 0 Å². The molecule has 0 aliphatic carbocycles. The van der Waals surface area contributed by atoms with E-state index >= 15 is 0 Å². The lowest BCUT2D eigenvalue weighted by atomic mass is 10.5. The Hall–Kier alpha value is 0.0969. The summed E-state index contributed by atoms with van der Waals surface area (Å²) in [4.78, 5) is 0. The molecular formula is C6H14O3Si. The minimum atomic E-state index is 0. The summed E-state index contributed by atoms with van der Waals surface area (Å²) in [6.45, 7) is 3.26. The molecule has 2 fully saturated rings. The van der Waals surface area contributed by atoms with E-state index < -0.39 is 0 Å². The van der Waals surface area contributed by atoms with Gasteiger partial charge in [-0.05, 0) is 11.0 Å². The van der Waals surface area contributed by atoms with Gasteiger partial charge in [-0.2, -0.15) is 0 Å². The Morgan fingerprint density at radius 2 is 1.50 bits per heavy atom. The topological polar surface area (TPSA) is 34.3 Å². The van der Waals surface area contributed by atoms with Crippen LogP contribution >= 0.6 is 0 Å². The second kappa shape index (κ2) is 3.48. The third kappa shape index (κ3) is 2.79. The van der Waals surface area contributed by atoms with Crippen LogP contribution < -0.4 is 0 Å². The summed E-state index contributed by atoms with van der Waals surface area (Å²) in [5.41, 5.74) is 0. The highest BCUT2D eigenvalue weighted by Gasteiger charge is 2.26. The zero-order chi connectivity index (χ0) is 6.10. The maximum Gasteiger partial charge on any atom is 0.104 e. The second-order valence-electron chi connectivity index (χ2n) is 2.45. The minimum absolute atomic E-state index is 0. The quantitative estimate of drug-likeness (QED) is 0.367. The van der Waals surface area contributed by atoms with Crippen LogP contribution in [0.3, 0.4) is 0 Å². The zero-order valence-electron chi connectivity index (χ0n) is 5.21. The van der Waals surface area contributed by atoms with Crippen molar-refractivity contribution in [1.29, 1.82) is 0 Å². The summed E-state index contributed by atoms with van der Waals surface area (Å²) >= 11 is 0. The number of epoxide rings is 2. The third-order valence-corrected chi connectivity index (χ3v) is 1.41. The Kier molecular flexibility index (Phi) is 2.85. The fourth-order valence-corrected chi connectivity index (χ4v) is 0.659. The second-order valence-corrected chi connectivity index (χ2v) is 2.45. The average Bonchev–Trinajstić information content (AvgIpc) is 2.57. The van der Waals surface area contributed by atoms with Gasteiger partial charge in [-0.1, -0.05) is 0 Å². The van der Waals surface area contributed by atoms with Crippen molar-refractivity contribution in [3.63, 3.8) is 0 Å². The van der Waals surface area contributed by atoms with Crippen LogP contribution in [-0.4, -0.2) is 49.6 Å². The van der Waals surface area contributed by atoms with Crippen LogP contribution in [0.2, 0.25) is 0 Å². The molecule has 2 unspecified atom stereocenters. The summed E-state index contributed by atoms with van der Waals surface area (Å²) in [5.74, 6) is 0. The number of hydrogen-bond donors (Lipinski definition) is 0. The molecule has 0 amide bonds. The van der Waals surface area contributed by atoms with Crippen LogP contribution in [0.4, 0.5) is 0 Å². The van der Waals surface area contributed by atoms with Crippen LogP contribution in [0.25, 0.3) is 0 Å². The molecule has 60 valence electrons. The Labute approximate surface area is 64.7 Å². The molecule has 0 aromatic heterocycles. The average molecular weight is 162 g/mol. The Balaban J connectivity index is 0.000000500. The molecule has 2 heterocycles. The molecule has 0 bridgehead atoms. The molecule has 2 aliphatic heterocycles. The molecule has 0 spiro atoms. The first kappa shape index (κ1) is 8.20. The Morgan fingerprint density at radius 1 is 1.10 bits per heavy atom. The molecule has 4 heteroatoms. The SMILES string of the molecule is C(OCC1CO1)C1CO1.[SiH4]. The van der Waals surface area contributed by atoms with E-state index in [1.54, 1.807) is 0 Å². The van der Waals surface area contributed by atoms with Gasteiger partial charge in [0.05, 0.1) is 26.4 Å². The van der Waals surface area contributed by atoms with Gasteiger partial charge in [-0.25, -0.2) is 0 Å². The molecule has 10 heavy (non-hydrogen) atoms. The van der Waals surface area contributed by atoms with Crippen molar-refractivity contribution in [1.82, 2.24) is 0 Å². The van der Waals surface area contributed by atoms with Crippen LogP contribution in [-0.2, 0) is 14.2 Å². The molecule has 0 N–H and O–H groups in total. The molecule has 0 aromatic rings. The molecule has 2 atom stereocenters. The summed E-state index contributed by atoms with van der Waals surface area (Å²) < 4.78 is 15.1. The molecule has 0 radical (unpaired) electrons. The fourth-order valence-electron chi connectivity index (χ4n) is 0.659. The van der Waals surface area contributed by atoms with Gasteiger partial charge >= 0.3 is 0 Å². The van der Waals surface area contributed by atoms with Crippen molar-refractivity contribution < 1.29 is 14.2 Å². The van der Waals surface area contributed by atoms with E-state index in [1.165, 1.54) is 0 Å². The standard InChI is InChI=1S/C6H10O3.H4Si/c1(5-3-8-5)7-2-6-4-9-6;/h5-6H,1-4H2;1H4. The third-order valence-electron chi connectivity index (χ3n) is 1.41. The Morgan fingerprint density at radius 3 is 1.80 bits per heavy atom. The van der Waals surface area contributed by atoms with E-state index in [1.807, 2.05) is 0 Å². The maximum atomic E-state index is 5.23. The van der Waals surface area contributed by atoms with E-state index in [2.05, 4.69) is 0 Å². The normalized spacial score (nSPS) is 34.8. The van der Waals surface area contributed by atoms with Gasteiger partial charge in [0.15, 0.2) is 0 Å². The van der Waals surface area contributed by atoms with Crippen molar-refractivity contribution >= 4 is 11.0 Å². The van der Waals surface area contributed by atoms with Crippen LogP contribution in [0, 0.1) is 0 Å². The highest BCUT2D eigenvalue weighted by atomic mass is 28.1. The van der Waals surface area contributed by atoms with Crippen molar-refractivity contribution in [3.8, 4) is 0 Å². The molecule has 2 aliphatic rings. The molecule has 0 aromatic carbocycles. The molecule has 2 rings (SSSR count). The summed E-state index contributed by atoms with van der Waals surface area (Å²) in [6.07, 6.45) is 0.785. The summed E-state index contributed by atoms with van der Waals surface area (Å²) in [5, 5.41) is 0. The van der Waals surface area contributed by atoms with Crippen molar-refractivity contribution in [2.24, 2.45) is 0 Å². The molecular weight excluding hydrogens is 148 g/mol. The monoisotopic (exact) mass is 162 g/mol. The lowest BCUT2D eigenvalue weighted by Gasteiger charge is -1.95. The maximum absolute atomic E-state index is 5.23. The number of ether oxygens (including phenoxy) is 3.